The van der Waals surface area contributed by atoms with Gasteiger partial charge >= 0.3 is 6.03 Å². The molecule has 0 spiro atoms. The molecule has 1 saturated heterocycles. The minimum absolute atomic E-state index is 0.00843. The number of aliphatic hydroxyl groups excluding tert-OH is 1. The van der Waals surface area contributed by atoms with Crippen LogP contribution in [0.25, 0.3) is 0 Å². The first-order valence-corrected chi connectivity index (χ1v) is 7.34. The largest absolute Gasteiger partial charge is 0.396 e. The molecule has 120 valence electrons. The highest BCUT2D eigenvalue weighted by Crippen LogP contribution is 2.11. The summed E-state index contributed by atoms with van der Waals surface area (Å²) in [5.41, 5.74) is 0. The summed E-state index contributed by atoms with van der Waals surface area (Å²) >= 11 is 0. The number of hydrogen-bond donors (Lipinski definition) is 1. The normalized spacial score (nSPS) is 15.3. The average molecular weight is 299 g/mol. The SMILES string of the molecule is CC(C)N(CCCO)C(=O)CCCN1C(=O)CN(C)C1=O. The molecule has 0 unspecified atom stereocenters. The molecule has 1 aliphatic rings. The first-order valence-electron chi connectivity index (χ1n) is 7.34. The number of rotatable bonds is 8. The molecule has 1 heterocycles. The van der Waals surface area contributed by atoms with Crippen molar-refractivity contribution in [2.45, 2.75) is 39.2 Å². The van der Waals surface area contributed by atoms with E-state index in [1.54, 1.807) is 11.9 Å². The van der Waals surface area contributed by atoms with Crippen LogP contribution in [-0.2, 0) is 9.59 Å². The smallest absolute Gasteiger partial charge is 0.326 e. The molecule has 4 amide bonds. The number of aliphatic hydroxyl groups is 1. The predicted octanol–water partition coefficient (Wildman–Crippen LogP) is 0.280. The number of likely N-dealkylation sites (N-methyl/N-ethyl adjacent to an activating group) is 1. The lowest BCUT2D eigenvalue weighted by Gasteiger charge is -2.27. The summed E-state index contributed by atoms with van der Waals surface area (Å²) < 4.78 is 0. The van der Waals surface area contributed by atoms with Gasteiger partial charge in [-0.2, -0.15) is 0 Å². The highest BCUT2D eigenvalue weighted by molar-refractivity contribution is 6.01. The van der Waals surface area contributed by atoms with E-state index in [2.05, 4.69) is 0 Å². The van der Waals surface area contributed by atoms with E-state index in [1.165, 1.54) is 9.80 Å². The Morgan fingerprint density at radius 2 is 2.00 bits per heavy atom. The molecule has 1 fully saturated rings. The van der Waals surface area contributed by atoms with Crippen molar-refractivity contribution < 1.29 is 19.5 Å². The van der Waals surface area contributed by atoms with E-state index in [0.29, 0.717) is 25.8 Å². The third-order valence-corrected chi connectivity index (χ3v) is 3.50. The number of carbonyl (C=O) groups is 3. The molecule has 0 bridgehead atoms. The van der Waals surface area contributed by atoms with Crippen LogP contribution in [0, 0.1) is 0 Å². The third kappa shape index (κ3) is 4.70. The van der Waals surface area contributed by atoms with Crippen molar-refractivity contribution in [2.24, 2.45) is 0 Å². The monoisotopic (exact) mass is 299 g/mol. The van der Waals surface area contributed by atoms with Crippen LogP contribution in [0.4, 0.5) is 4.79 Å². The summed E-state index contributed by atoms with van der Waals surface area (Å²) in [6.07, 6.45) is 1.31. The van der Waals surface area contributed by atoms with Gasteiger partial charge in [0.25, 0.3) is 0 Å². The van der Waals surface area contributed by atoms with Gasteiger partial charge in [0.1, 0.15) is 6.54 Å². The zero-order valence-electron chi connectivity index (χ0n) is 13.0. The summed E-state index contributed by atoms with van der Waals surface area (Å²) in [7, 11) is 1.58. The topological polar surface area (TPSA) is 81.2 Å². The summed E-state index contributed by atoms with van der Waals surface area (Å²) in [5.74, 6) is -0.221. The molecule has 0 radical (unpaired) electrons. The van der Waals surface area contributed by atoms with Gasteiger partial charge in [0.05, 0.1) is 0 Å². The molecule has 1 N–H and O–H groups in total. The van der Waals surface area contributed by atoms with E-state index in [9.17, 15) is 14.4 Å². The lowest BCUT2D eigenvalue weighted by atomic mass is 10.2. The van der Waals surface area contributed by atoms with Gasteiger partial charge in [-0.05, 0) is 26.7 Å². The standard InChI is InChI=1S/C14H25N3O4/c1-11(2)16(8-5-9-18)12(19)6-4-7-17-13(20)10-15(3)14(17)21/h11,18H,4-10H2,1-3H3. The maximum Gasteiger partial charge on any atom is 0.326 e. The maximum absolute atomic E-state index is 12.1. The second kappa shape index (κ2) is 7.97. The Labute approximate surface area is 125 Å². The second-order valence-corrected chi connectivity index (χ2v) is 5.55. The van der Waals surface area contributed by atoms with Crippen LogP contribution in [0.1, 0.15) is 33.1 Å². The summed E-state index contributed by atoms with van der Waals surface area (Å²) in [4.78, 5) is 39.7. The van der Waals surface area contributed by atoms with Gasteiger partial charge in [-0.15, -0.1) is 0 Å². The Balaban J connectivity index is 2.41. The summed E-state index contributed by atoms with van der Waals surface area (Å²) in [5, 5.41) is 8.86. The quantitative estimate of drug-likeness (QED) is 0.653. The third-order valence-electron chi connectivity index (χ3n) is 3.50. The van der Waals surface area contributed by atoms with Crippen LogP contribution in [0.3, 0.4) is 0 Å². The second-order valence-electron chi connectivity index (χ2n) is 5.55. The predicted molar refractivity (Wildman–Crippen MR) is 77.5 cm³/mol. The number of amides is 4. The van der Waals surface area contributed by atoms with Gasteiger partial charge in [0.2, 0.25) is 11.8 Å². The van der Waals surface area contributed by atoms with Crippen LogP contribution in [0.5, 0.6) is 0 Å². The van der Waals surface area contributed by atoms with Crippen molar-refractivity contribution in [2.75, 3.05) is 33.3 Å². The zero-order chi connectivity index (χ0) is 16.0. The van der Waals surface area contributed by atoms with Gasteiger partial charge in [-0.1, -0.05) is 0 Å². The van der Waals surface area contributed by atoms with Crippen molar-refractivity contribution in [1.29, 1.82) is 0 Å². The van der Waals surface area contributed by atoms with Gasteiger partial charge in [0, 0.05) is 39.2 Å². The number of imide groups is 1. The van der Waals surface area contributed by atoms with Crippen LogP contribution >= 0.6 is 0 Å². The molecule has 1 rings (SSSR count). The molecule has 0 aromatic heterocycles. The molecule has 0 atom stereocenters. The Hall–Kier alpha value is -1.63. The molecule has 0 aromatic rings. The van der Waals surface area contributed by atoms with Gasteiger partial charge < -0.3 is 14.9 Å². The summed E-state index contributed by atoms with van der Waals surface area (Å²) in [6.45, 7) is 4.83. The Morgan fingerprint density at radius 1 is 1.33 bits per heavy atom. The first kappa shape index (κ1) is 17.4. The molecule has 7 nitrogen and oxygen atoms in total. The first-order chi connectivity index (χ1) is 9.88. The van der Waals surface area contributed by atoms with Gasteiger partial charge in [-0.25, -0.2) is 4.79 Å². The van der Waals surface area contributed by atoms with E-state index in [0.717, 1.165) is 0 Å². The highest BCUT2D eigenvalue weighted by atomic mass is 16.3. The van der Waals surface area contributed by atoms with E-state index < -0.39 is 0 Å². The summed E-state index contributed by atoms with van der Waals surface area (Å²) in [6, 6.07) is -0.223. The van der Waals surface area contributed by atoms with Gasteiger partial charge in [0.15, 0.2) is 0 Å². The molecule has 7 heteroatoms. The lowest BCUT2D eigenvalue weighted by molar-refractivity contribution is -0.133. The Bertz CT molecular complexity index is 398. The van der Waals surface area contributed by atoms with Crippen LogP contribution in [-0.4, -0.2) is 77.0 Å². The minimum atomic E-state index is -0.298. The van der Waals surface area contributed by atoms with E-state index in [4.69, 9.17) is 5.11 Å². The van der Waals surface area contributed by atoms with Gasteiger partial charge in [-0.3, -0.25) is 14.5 Å². The molecule has 0 aliphatic carbocycles. The van der Waals surface area contributed by atoms with Crippen molar-refractivity contribution in [1.82, 2.24) is 14.7 Å². The molecule has 0 aromatic carbocycles. The molecular formula is C14H25N3O4. The van der Waals surface area contributed by atoms with Crippen LogP contribution in [0.2, 0.25) is 0 Å². The van der Waals surface area contributed by atoms with Crippen molar-refractivity contribution in [3.05, 3.63) is 0 Å². The maximum atomic E-state index is 12.1. The fourth-order valence-electron chi connectivity index (χ4n) is 2.33. The van der Waals surface area contributed by atoms with Crippen LogP contribution < -0.4 is 0 Å². The molecular weight excluding hydrogens is 274 g/mol. The number of carbonyl (C=O) groups excluding carboxylic acids is 3. The number of hydrogen-bond acceptors (Lipinski definition) is 4. The Kier molecular flexibility index (Phi) is 6.61. The Morgan fingerprint density at radius 3 is 2.48 bits per heavy atom. The fourth-order valence-corrected chi connectivity index (χ4v) is 2.33. The number of urea groups is 1. The van der Waals surface area contributed by atoms with E-state index in [1.807, 2.05) is 13.8 Å². The van der Waals surface area contributed by atoms with Crippen molar-refractivity contribution >= 4 is 17.8 Å². The van der Waals surface area contributed by atoms with E-state index >= 15 is 0 Å². The fraction of sp³-hybridized carbons (Fsp3) is 0.786. The average Bonchev–Trinajstić information content (AvgIpc) is 2.65. The highest BCUT2D eigenvalue weighted by Gasteiger charge is 2.33. The minimum Gasteiger partial charge on any atom is -0.396 e. The van der Waals surface area contributed by atoms with Crippen molar-refractivity contribution in [3.63, 3.8) is 0 Å². The van der Waals surface area contributed by atoms with Crippen molar-refractivity contribution in [3.8, 4) is 0 Å². The van der Waals surface area contributed by atoms with E-state index in [-0.39, 0.29) is 43.6 Å². The zero-order valence-corrected chi connectivity index (χ0v) is 13.0. The molecule has 0 saturated carbocycles. The molecule has 1 aliphatic heterocycles. The molecule has 21 heavy (non-hydrogen) atoms. The van der Waals surface area contributed by atoms with Crippen LogP contribution in [0.15, 0.2) is 0 Å². The number of nitrogens with zero attached hydrogens (tertiary/aromatic N) is 3. The lowest BCUT2D eigenvalue weighted by Crippen LogP contribution is -2.39.